The van der Waals surface area contributed by atoms with Crippen LogP contribution in [0.25, 0.3) is 11.1 Å². The fraction of sp³-hybridized carbons (Fsp3) is 0.391. The zero-order valence-electron chi connectivity index (χ0n) is 16.6. The van der Waals surface area contributed by atoms with E-state index in [0.29, 0.717) is 18.7 Å². The first-order chi connectivity index (χ1) is 13.3. The predicted octanol–water partition coefficient (Wildman–Crippen LogP) is 5.00. The number of likely N-dealkylation sites (tertiary alicyclic amines) is 1. The van der Waals surface area contributed by atoms with Gasteiger partial charge in [0.2, 0.25) is 0 Å². The fourth-order valence-corrected chi connectivity index (χ4v) is 3.14. The van der Waals surface area contributed by atoms with E-state index < -0.39 is 5.60 Å². The van der Waals surface area contributed by atoms with Gasteiger partial charge in [-0.15, -0.1) is 0 Å². The van der Waals surface area contributed by atoms with Gasteiger partial charge in [-0.2, -0.15) is 5.26 Å². The first-order valence-electron chi connectivity index (χ1n) is 9.59. The van der Waals surface area contributed by atoms with E-state index in [0.717, 1.165) is 29.7 Å². The van der Waals surface area contributed by atoms with Gasteiger partial charge in [0, 0.05) is 25.9 Å². The van der Waals surface area contributed by atoms with Gasteiger partial charge in [0.1, 0.15) is 17.5 Å². The first kappa shape index (κ1) is 19.8. The maximum absolute atomic E-state index is 12.1. The molecule has 0 radical (unpaired) electrons. The van der Waals surface area contributed by atoms with Gasteiger partial charge in [0.25, 0.3) is 0 Å². The van der Waals surface area contributed by atoms with Crippen LogP contribution in [0, 0.1) is 11.3 Å². The molecule has 1 amide bonds. The van der Waals surface area contributed by atoms with Crippen LogP contribution in [0.3, 0.4) is 0 Å². The molecule has 3 rings (SSSR count). The van der Waals surface area contributed by atoms with Crippen LogP contribution in [0.1, 0.15) is 39.2 Å². The number of hydrogen-bond donors (Lipinski definition) is 0. The lowest BCUT2D eigenvalue weighted by molar-refractivity contribution is 0.0126. The van der Waals surface area contributed by atoms with Gasteiger partial charge in [-0.25, -0.2) is 4.79 Å². The number of carbonyl (C=O) groups is 1. The van der Waals surface area contributed by atoms with Gasteiger partial charge in [0.05, 0.1) is 11.6 Å². The van der Waals surface area contributed by atoms with Crippen molar-refractivity contribution in [2.45, 2.75) is 45.3 Å². The van der Waals surface area contributed by atoms with Gasteiger partial charge in [0.15, 0.2) is 0 Å². The smallest absolute Gasteiger partial charge is 0.410 e. The lowest BCUT2D eigenvalue weighted by atomic mass is 10.0. The van der Waals surface area contributed by atoms with Gasteiger partial charge in [-0.3, -0.25) is 0 Å². The van der Waals surface area contributed by atoms with Crippen molar-refractivity contribution >= 4 is 6.09 Å². The molecular weight excluding hydrogens is 352 g/mol. The Kier molecular flexibility index (Phi) is 5.89. The zero-order chi connectivity index (χ0) is 20.1. The minimum atomic E-state index is -0.471. The molecule has 1 aliphatic heterocycles. The van der Waals surface area contributed by atoms with Crippen molar-refractivity contribution in [3.63, 3.8) is 0 Å². The normalized spacial score (nSPS) is 15.0. The average molecular weight is 378 g/mol. The van der Waals surface area contributed by atoms with E-state index in [4.69, 9.17) is 14.7 Å². The third-order valence-electron chi connectivity index (χ3n) is 4.60. The molecular formula is C23H26N2O3. The Bertz CT molecular complexity index is 837. The summed E-state index contributed by atoms with van der Waals surface area (Å²) in [5.41, 5.74) is 2.33. The Labute approximate surface area is 166 Å². The molecule has 146 valence electrons. The molecule has 5 nitrogen and oxygen atoms in total. The number of hydrogen-bond acceptors (Lipinski definition) is 4. The molecule has 0 unspecified atom stereocenters. The molecule has 1 heterocycles. The van der Waals surface area contributed by atoms with Crippen LogP contribution in [0.4, 0.5) is 4.79 Å². The van der Waals surface area contributed by atoms with Gasteiger partial charge >= 0.3 is 6.09 Å². The average Bonchev–Trinajstić information content (AvgIpc) is 2.68. The number of nitrogens with zero attached hydrogens (tertiary/aromatic N) is 2. The zero-order valence-corrected chi connectivity index (χ0v) is 16.6. The Morgan fingerprint density at radius 3 is 2.04 bits per heavy atom. The van der Waals surface area contributed by atoms with Crippen molar-refractivity contribution in [3.8, 4) is 22.9 Å². The lowest BCUT2D eigenvalue weighted by Crippen LogP contribution is -2.44. The van der Waals surface area contributed by atoms with Crippen LogP contribution in [0.5, 0.6) is 5.75 Å². The molecule has 2 aromatic carbocycles. The Morgan fingerprint density at radius 1 is 1.00 bits per heavy atom. The second kappa shape index (κ2) is 8.35. The molecule has 5 heteroatoms. The molecule has 28 heavy (non-hydrogen) atoms. The highest BCUT2D eigenvalue weighted by Crippen LogP contribution is 2.25. The molecule has 2 aromatic rings. The summed E-state index contributed by atoms with van der Waals surface area (Å²) in [4.78, 5) is 13.9. The second-order valence-electron chi connectivity index (χ2n) is 8.00. The first-order valence-corrected chi connectivity index (χ1v) is 9.59. The maximum Gasteiger partial charge on any atom is 0.410 e. The van der Waals surface area contributed by atoms with Crippen LogP contribution in [0.2, 0.25) is 0 Å². The Balaban J connectivity index is 1.52. The van der Waals surface area contributed by atoms with E-state index in [1.807, 2.05) is 69.3 Å². The highest BCUT2D eigenvalue weighted by Gasteiger charge is 2.27. The van der Waals surface area contributed by atoms with Gasteiger partial charge < -0.3 is 14.4 Å². The molecule has 1 fully saturated rings. The largest absolute Gasteiger partial charge is 0.490 e. The van der Waals surface area contributed by atoms with E-state index >= 15 is 0 Å². The van der Waals surface area contributed by atoms with E-state index in [1.54, 1.807) is 4.90 Å². The topological polar surface area (TPSA) is 62.6 Å². The minimum absolute atomic E-state index is 0.0967. The highest BCUT2D eigenvalue weighted by molar-refractivity contribution is 5.68. The molecule has 0 atom stereocenters. The van der Waals surface area contributed by atoms with Crippen LogP contribution < -0.4 is 4.74 Å². The summed E-state index contributed by atoms with van der Waals surface area (Å²) < 4.78 is 11.5. The highest BCUT2D eigenvalue weighted by atomic mass is 16.6. The molecule has 0 saturated carbocycles. The lowest BCUT2D eigenvalue weighted by Gasteiger charge is -2.33. The summed E-state index contributed by atoms with van der Waals surface area (Å²) in [7, 11) is 0. The molecule has 0 N–H and O–H groups in total. The van der Waals surface area contributed by atoms with Crippen LogP contribution >= 0.6 is 0 Å². The summed E-state index contributed by atoms with van der Waals surface area (Å²) in [5, 5.41) is 8.89. The summed E-state index contributed by atoms with van der Waals surface area (Å²) in [6.07, 6.45) is 1.42. The number of ether oxygens (including phenoxy) is 2. The number of amides is 1. The molecule has 0 spiro atoms. The number of rotatable bonds is 3. The van der Waals surface area contributed by atoms with Crippen molar-refractivity contribution in [2.75, 3.05) is 13.1 Å². The number of carbonyl (C=O) groups excluding carboxylic acids is 1. The summed E-state index contributed by atoms with van der Waals surface area (Å²) in [5.74, 6) is 0.827. The van der Waals surface area contributed by atoms with Gasteiger partial charge in [-0.1, -0.05) is 24.3 Å². The van der Waals surface area contributed by atoms with Crippen molar-refractivity contribution in [3.05, 3.63) is 54.1 Å². The standard InChI is InChI=1S/C23H26N2O3/c1-23(2,3)28-22(26)25-14-12-21(13-15-25)27-20-10-8-19(9-11-20)18-6-4-17(16-24)5-7-18/h4-11,21H,12-15H2,1-3H3. The molecule has 0 bridgehead atoms. The van der Waals surface area contributed by atoms with Crippen molar-refractivity contribution in [1.82, 2.24) is 4.90 Å². The van der Waals surface area contributed by atoms with Crippen LogP contribution in [-0.4, -0.2) is 35.8 Å². The van der Waals surface area contributed by atoms with Crippen molar-refractivity contribution < 1.29 is 14.3 Å². The summed E-state index contributed by atoms with van der Waals surface area (Å²) in [6.45, 7) is 6.92. The summed E-state index contributed by atoms with van der Waals surface area (Å²) in [6, 6.07) is 17.6. The van der Waals surface area contributed by atoms with E-state index in [-0.39, 0.29) is 12.2 Å². The quantitative estimate of drug-likeness (QED) is 0.754. The SMILES string of the molecule is CC(C)(C)OC(=O)N1CCC(Oc2ccc(-c3ccc(C#N)cc3)cc2)CC1. The van der Waals surface area contributed by atoms with E-state index in [1.165, 1.54) is 0 Å². The molecule has 1 aliphatic rings. The predicted molar refractivity (Wildman–Crippen MR) is 108 cm³/mol. The van der Waals surface area contributed by atoms with Crippen LogP contribution in [0.15, 0.2) is 48.5 Å². The number of benzene rings is 2. The Morgan fingerprint density at radius 2 is 1.54 bits per heavy atom. The van der Waals surface area contributed by atoms with Gasteiger partial charge in [-0.05, 0) is 56.2 Å². The number of piperidine rings is 1. The second-order valence-corrected chi connectivity index (χ2v) is 8.00. The third kappa shape index (κ3) is 5.26. The van der Waals surface area contributed by atoms with E-state index in [2.05, 4.69) is 6.07 Å². The third-order valence-corrected chi connectivity index (χ3v) is 4.60. The monoisotopic (exact) mass is 378 g/mol. The Hall–Kier alpha value is -3.00. The molecule has 1 saturated heterocycles. The maximum atomic E-state index is 12.1. The molecule has 0 aromatic heterocycles. The molecule has 0 aliphatic carbocycles. The minimum Gasteiger partial charge on any atom is -0.490 e. The number of nitriles is 1. The van der Waals surface area contributed by atoms with Crippen molar-refractivity contribution in [2.24, 2.45) is 0 Å². The van der Waals surface area contributed by atoms with Crippen LogP contribution in [-0.2, 0) is 4.74 Å². The van der Waals surface area contributed by atoms with E-state index in [9.17, 15) is 4.79 Å². The van der Waals surface area contributed by atoms with Crippen molar-refractivity contribution in [1.29, 1.82) is 5.26 Å². The fourth-order valence-electron chi connectivity index (χ4n) is 3.14. The summed E-state index contributed by atoms with van der Waals surface area (Å²) >= 11 is 0.